The van der Waals surface area contributed by atoms with Crippen molar-refractivity contribution in [2.75, 3.05) is 33.9 Å². The summed E-state index contributed by atoms with van der Waals surface area (Å²) in [7, 11) is 3.00. The molecule has 0 bridgehead atoms. The lowest BCUT2D eigenvalue weighted by Gasteiger charge is -2.28. The van der Waals surface area contributed by atoms with Gasteiger partial charge in [0.2, 0.25) is 0 Å². The third-order valence-electron chi connectivity index (χ3n) is 5.84. The number of aromatic amines is 1. The molecular formula is C23H31N3O4. The van der Waals surface area contributed by atoms with E-state index in [-0.39, 0.29) is 11.9 Å². The molecule has 1 atom stereocenters. The first-order valence-corrected chi connectivity index (χ1v) is 10.5. The first kappa shape index (κ1) is 21.9. The van der Waals surface area contributed by atoms with Gasteiger partial charge in [0.25, 0.3) is 5.91 Å². The Bertz CT molecular complexity index is 883. The molecule has 1 saturated heterocycles. The van der Waals surface area contributed by atoms with E-state index in [2.05, 4.69) is 27.3 Å². The van der Waals surface area contributed by atoms with Crippen LogP contribution in [0.3, 0.4) is 0 Å². The fourth-order valence-corrected chi connectivity index (χ4v) is 4.14. The van der Waals surface area contributed by atoms with Gasteiger partial charge in [0.1, 0.15) is 11.4 Å². The molecule has 1 aliphatic heterocycles. The normalized spacial score (nSPS) is 15.1. The third-order valence-corrected chi connectivity index (χ3v) is 5.84. The van der Waals surface area contributed by atoms with E-state index in [0.29, 0.717) is 29.8 Å². The maximum absolute atomic E-state index is 13.0. The molecule has 2 N–H and O–H groups in total. The summed E-state index contributed by atoms with van der Waals surface area (Å²) in [5, 5.41) is 3.07. The number of hydrogen-bond donors (Lipinski definition) is 2. The summed E-state index contributed by atoms with van der Waals surface area (Å²) in [5.41, 5.74) is 3.36. The van der Waals surface area contributed by atoms with Gasteiger partial charge in [-0.25, -0.2) is 4.79 Å². The Morgan fingerprint density at radius 1 is 1.17 bits per heavy atom. The average molecular weight is 414 g/mol. The lowest BCUT2D eigenvalue weighted by Crippen LogP contribution is -2.37. The van der Waals surface area contributed by atoms with E-state index in [9.17, 15) is 9.59 Å². The maximum atomic E-state index is 13.0. The number of carbonyl (C=O) groups is 2. The van der Waals surface area contributed by atoms with E-state index in [1.165, 1.54) is 20.0 Å². The number of benzene rings is 1. The molecule has 1 aromatic carbocycles. The topological polar surface area (TPSA) is 83.7 Å². The molecule has 30 heavy (non-hydrogen) atoms. The molecule has 7 heteroatoms. The predicted octanol–water partition coefficient (Wildman–Crippen LogP) is 3.25. The van der Waals surface area contributed by atoms with Gasteiger partial charge in [0.05, 0.1) is 25.8 Å². The van der Waals surface area contributed by atoms with Gasteiger partial charge in [0.15, 0.2) is 0 Å². The van der Waals surface area contributed by atoms with E-state index in [1.807, 2.05) is 19.1 Å². The molecule has 7 nitrogen and oxygen atoms in total. The Hall–Kier alpha value is -2.80. The second kappa shape index (κ2) is 9.80. The van der Waals surface area contributed by atoms with Crippen molar-refractivity contribution in [2.45, 2.75) is 39.2 Å². The number of nitrogens with zero attached hydrogens (tertiary/aromatic N) is 1. The molecule has 2 aromatic rings. The van der Waals surface area contributed by atoms with Gasteiger partial charge in [0, 0.05) is 12.2 Å². The summed E-state index contributed by atoms with van der Waals surface area (Å²) >= 11 is 0. The summed E-state index contributed by atoms with van der Waals surface area (Å²) in [5.74, 6) is 0.176. The lowest BCUT2D eigenvalue weighted by atomic mass is 10.0. The molecule has 162 valence electrons. The van der Waals surface area contributed by atoms with Crippen LogP contribution in [0.4, 0.5) is 0 Å². The first-order chi connectivity index (χ1) is 14.5. The zero-order valence-corrected chi connectivity index (χ0v) is 18.2. The van der Waals surface area contributed by atoms with Crippen LogP contribution in [0.2, 0.25) is 0 Å². The Balaban J connectivity index is 1.79. The summed E-state index contributed by atoms with van der Waals surface area (Å²) in [6.07, 6.45) is 2.94. The van der Waals surface area contributed by atoms with Crippen molar-refractivity contribution in [2.24, 2.45) is 0 Å². The van der Waals surface area contributed by atoms with Crippen molar-refractivity contribution in [3.63, 3.8) is 0 Å². The van der Waals surface area contributed by atoms with Crippen molar-refractivity contribution >= 4 is 11.9 Å². The van der Waals surface area contributed by atoms with Crippen molar-refractivity contribution in [3.8, 4) is 5.75 Å². The van der Waals surface area contributed by atoms with E-state index in [0.717, 1.165) is 30.1 Å². The van der Waals surface area contributed by atoms with Gasteiger partial charge in [-0.2, -0.15) is 0 Å². The second-order valence-corrected chi connectivity index (χ2v) is 7.57. The Morgan fingerprint density at radius 2 is 1.83 bits per heavy atom. The molecule has 1 amide bonds. The number of aryl methyl sites for hydroxylation is 1. The number of methoxy groups -OCH3 is 2. The molecular weight excluding hydrogens is 382 g/mol. The minimum absolute atomic E-state index is 0.0864. The number of esters is 1. The number of carbonyl (C=O) groups excluding carboxylic acids is 2. The van der Waals surface area contributed by atoms with Crippen molar-refractivity contribution in [3.05, 3.63) is 52.3 Å². The predicted molar refractivity (Wildman–Crippen MR) is 115 cm³/mol. The Morgan fingerprint density at radius 3 is 2.40 bits per heavy atom. The maximum Gasteiger partial charge on any atom is 0.339 e. The molecule has 1 aromatic heterocycles. The van der Waals surface area contributed by atoms with Gasteiger partial charge in [-0.1, -0.05) is 19.1 Å². The summed E-state index contributed by atoms with van der Waals surface area (Å²) < 4.78 is 10.2. The highest BCUT2D eigenvalue weighted by Gasteiger charge is 2.27. The van der Waals surface area contributed by atoms with Crippen molar-refractivity contribution in [1.29, 1.82) is 0 Å². The summed E-state index contributed by atoms with van der Waals surface area (Å²) in [6.45, 7) is 6.23. The number of ether oxygens (including phenoxy) is 2. The van der Waals surface area contributed by atoms with Crippen LogP contribution in [0, 0.1) is 6.92 Å². The van der Waals surface area contributed by atoms with Crippen LogP contribution in [0.5, 0.6) is 5.75 Å². The molecule has 0 unspecified atom stereocenters. The lowest BCUT2D eigenvalue weighted by molar-refractivity contribution is 0.0599. The van der Waals surface area contributed by atoms with Crippen LogP contribution in [-0.4, -0.2) is 55.6 Å². The number of nitrogens with one attached hydrogen (secondary N) is 2. The Kier molecular flexibility index (Phi) is 7.15. The van der Waals surface area contributed by atoms with Gasteiger partial charge in [-0.3, -0.25) is 9.69 Å². The van der Waals surface area contributed by atoms with E-state index in [1.54, 1.807) is 14.0 Å². The zero-order chi connectivity index (χ0) is 21.7. The molecule has 0 aliphatic carbocycles. The standard InChI is InChI=1S/C23H31N3O4/c1-5-18-20(23(28)30-4)15(2)21(25-18)22(27)24-14-19(26-12-6-7-13-26)16-8-10-17(29-3)11-9-16/h8-11,19,25H,5-7,12-14H2,1-4H3,(H,24,27)/t19-/m1/s1. The van der Waals surface area contributed by atoms with Crippen LogP contribution in [0.15, 0.2) is 24.3 Å². The zero-order valence-electron chi connectivity index (χ0n) is 18.2. The fourth-order valence-electron chi connectivity index (χ4n) is 4.14. The van der Waals surface area contributed by atoms with Gasteiger partial charge in [-0.05, 0) is 62.5 Å². The minimum Gasteiger partial charge on any atom is -0.497 e. The average Bonchev–Trinajstić information content (AvgIpc) is 3.41. The number of rotatable bonds is 8. The number of likely N-dealkylation sites (tertiary alicyclic amines) is 1. The van der Waals surface area contributed by atoms with E-state index in [4.69, 9.17) is 9.47 Å². The van der Waals surface area contributed by atoms with E-state index >= 15 is 0 Å². The number of amides is 1. The van der Waals surface area contributed by atoms with Crippen molar-refractivity contribution < 1.29 is 19.1 Å². The molecule has 2 heterocycles. The highest BCUT2D eigenvalue weighted by atomic mass is 16.5. The fraction of sp³-hybridized carbons (Fsp3) is 0.478. The smallest absolute Gasteiger partial charge is 0.339 e. The minimum atomic E-state index is -0.423. The quantitative estimate of drug-likeness (QED) is 0.649. The van der Waals surface area contributed by atoms with Crippen LogP contribution < -0.4 is 10.1 Å². The van der Waals surface area contributed by atoms with Crippen LogP contribution in [-0.2, 0) is 11.2 Å². The number of H-pyrrole nitrogens is 1. The summed E-state index contributed by atoms with van der Waals surface area (Å²) in [4.78, 5) is 30.6. The second-order valence-electron chi connectivity index (χ2n) is 7.57. The number of aromatic nitrogens is 1. The monoisotopic (exact) mass is 413 g/mol. The highest BCUT2D eigenvalue weighted by molar-refractivity contribution is 6.00. The van der Waals surface area contributed by atoms with Crippen LogP contribution >= 0.6 is 0 Å². The first-order valence-electron chi connectivity index (χ1n) is 10.5. The van der Waals surface area contributed by atoms with Gasteiger partial charge >= 0.3 is 5.97 Å². The number of hydrogen-bond acceptors (Lipinski definition) is 5. The largest absolute Gasteiger partial charge is 0.497 e. The van der Waals surface area contributed by atoms with Gasteiger partial charge in [-0.15, -0.1) is 0 Å². The molecule has 0 radical (unpaired) electrons. The highest BCUT2D eigenvalue weighted by Crippen LogP contribution is 2.27. The SMILES string of the molecule is CCc1[nH]c(C(=O)NC[C@H](c2ccc(OC)cc2)N2CCCC2)c(C)c1C(=O)OC. The molecule has 3 rings (SSSR count). The third kappa shape index (κ3) is 4.51. The van der Waals surface area contributed by atoms with Gasteiger partial charge < -0.3 is 19.8 Å². The summed E-state index contributed by atoms with van der Waals surface area (Å²) in [6, 6.07) is 8.09. The van der Waals surface area contributed by atoms with E-state index < -0.39 is 5.97 Å². The molecule has 0 spiro atoms. The molecule has 1 aliphatic rings. The molecule has 0 saturated carbocycles. The van der Waals surface area contributed by atoms with Crippen LogP contribution in [0.25, 0.3) is 0 Å². The molecule has 1 fully saturated rings. The van der Waals surface area contributed by atoms with Crippen LogP contribution in [0.1, 0.15) is 63.5 Å². The Labute approximate surface area is 177 Å². The van der Waals surface area contributed by atoms with Crippen molar-refractivity contribution in [1.82, 2.24) is 15.2 Å².